The van der Waals surface area contributed by atoms with Crippen molar-refractivity contribution in [1.29, 1.82) is 0 Å². The summed E-state index contributed by atoms with van der Waals surface area (Å²) in [4.78, 5) is 2.35. The van der Waals surface area contributed by atoms with Crippen molar-refractivity contribution in [2.75, 3.05) is 27.2 Å². The van der Waals surface area contributed by atoms with Crippen LogP contribution in [0.3, 0.4) is 0 Å². The monoisotopic (exact) mass is 315 g/mol. The highest BCUT2D eigenvalue weighted by atomic mass is 32.2. The van der Waals surface area contributed by atoms with Crippen molar-refractivity contribution < 1.29 is 12.8 Å². The van der Waals surface area contributed by atoms with Gasteiger partial charge in [0.1, 0.15) is 16.4 Å². The van der Waals surface area contributed by atoms with Crippen LogP contribution in [-0.2, 0) is 16.6 Å². The summed E-state index contributed by atoms with van der Waals surface area (Å²) in [6.07, 6.45) is 1.89. The summed E-state index contributed by atoms with van der Waals surface area (Å²) in [6.45, 7) is 4.69. The first-order valence-corrected chi connectivity index (χ1v) is 8.68. The zero-order chi connectivity index (χ0) is 15.8. The maximum atomic E-state index is 13.0. The lowest BCUT2D eigenvalue weighted by atomic mass is 10.1. The highest BCUT2D eigenvalue weighted by molar-refractivity contribution is 7.89. The molecule has 1 saturated heterocycles. The van der Waals surface area contributed by atoms with Crippen LogP contribution in [0.1, 0.15) is 29.9 Å². The number of rotatable bonds is 4. The maximum absolute atomic E-state index is 13.0. The zero-order valence-electron chi connectivity index (χ0n) is 13.2. The second-order valence-corrected chi connectivity index (χ2v) is 7.72. The van der Waals surface area contributed by atoms with E-state index < -0.39 is 10.0 Å². The molecular weight excluding hydrogens is 290 g/mol. The summed E-state index contributed by atoms with van der Waals surface area (Å²) in [5.41, 5.74) is 6.31. The topological polar surface area (TPSA) is 79.8 Å². The summed E-state index contributed by atoms with van der Waals surface area (Å²) < 4.78 is 33.0. The van der Waals surface area contributed by atoms with Gasteiger partial charge in [0, 0.05) is 31.2 Å². The van der Waals surface area contributed by atoms with Crippen molar-refractivity contribution in [1.82, 2.24) is 9.21 Å². The van der Waals surface area contributed by atoms with Crippen LogP contribution in [0.2, 0.25) is 0 Å². The van der Waals surface area contributed by atoms with Gasteiger partial charge >= 0.3 is 0 Å². The molecule has 2 rings (SSSR count). The largest absolute Gasteiger partial charge is 0.465 e. The molecule has 0 radical (unpaired) electrons. The molecule has 1 aromatic heterocycles. The second kappa shape index (κ2) is 6.08. The molecule has 0 bridgehead atoms. The average Bonchev–Trinajstić information content (AvgIpc) is 2.73. The third-order valence-corrected chi connectivity index (χ3v) is 6.28. The third kappa shape index (κ3) is 3.01. The predicted octanol–water partition coefficient (Wildman–Crippen LogP) is 1.07. The Bertz CT molecular complexity index is 607. The molecule has 0 aliphatic carbocycles. The molecule has 1 atom stereocenters. The minimum atomic E-state index is -3.55. The minimum Gasteiger partial charge on any atom is -0.465 e. The Labute approximate surface area is 126 Å². The van der Waals surface area contributed by atoms with Gasteiger partial charge < -0.3 is 15.1 Å². The fourth-order valence-electron chi connectivity index (χ4n) is 2.97. The summed E-state index contributed by atoms with van der Waals surface area (Å²) >= 11 is 0. The standard InChI is InChI=1S/C14H25N3O3S/c1-10-13(8-15)14(11(2)20-10)21(18,19)17-7-5-6-12(9-17)16(3)4/h12H,5-9,15H2,1-4H3. The van der Waals surface area contributed by atoms with Gasteiger partial charge in [-0.05, 0) is 40.8 Å². The zero-order valence-corrected chi connectivity index (χ0v) is 14.0. The lowest BCUT2D eigenvalue weighted by molar-refractivity contribution is 0.190. The van der Waals surface area contributed by atoms with Gasteiger partial charge in [-0.15, -0.1) is 0 Å². The number of hydrogen-bond donors (Lipinski definition) is 1. The minimum absolute atomic E-state index is 0.169. The number of nitrogens with zero attached hydrogens (tertiary/aromatic N) is 2. The van der Waals surface area contributed by atoms with E-state index in [4.69, 9.17) is 10.2 Å². The highest BCUT2D eigenvalue weighted by Crippen LogP contribution is 2.30. The maximum Gasteiger partial charge on any atom is 0.246 e. The molecule has 0 aromatic carbocycles. The molecule has 6 nitrogen and oxygen atoms in total. The molecule has 1 aliphatic heterocycles. The molecular formula is C14H25N3O3S. The molecule has 120 valence electrons. The van der Waals surface area contributed by atoms with E-state index in [0.29, 0.717) is 30.2 Å². The van der Waals surface area contributed by atoms with E-state index in [9.17, 15) is 8.42 Å². The van der Waals surface area contributed by atoms with E-state index >= 15 is 0 Å². The summed E-state index contributed by atoms with van der Waals surface area (Å²) in [6, 6.07) is 0.253. The first-order chi connectivity index (χ1) is 9.78. The summed E-state index contributed by atoms with van der Waals surface area (Å²) in [5, 5.41) is 0. The van der Waals surface area contributed by atoms with Crippen molar-refractivity contribution in [2.24, 2.45) is 5.73 Å². The Kier molecular flexibility index (Phi) is 4.77. The fraction of sp³-hybridized carbons (Fsp3) is 0.714. The van der Waals surface area contributed by atoms with E-state index in [0.717, 1.165) is 12.8 Å². The van der Waals surface area contributed by atoms with Crippen molar-refractivity contribution in [3.63, 3.8) is 0 Å². The Morgan fingerprint density at radius 2 is 2.00 bits per heavy atom. The van der Waals surface area contributed by atoms with Gasteiger partial charge in [0.25, 0.3) is 0 Å². The van der Waals surface area contributed by atoms with Crippen LogP contribution in [0, 0.1) is 13.8 Å². The molecule has 0 saturated carbocycles. The molecule has 1 fully saturated rings. The van der Waals surface area contributed by atoms with Crippen molar-refractivity contribution >= 4 is 10.0 Å². The van der Waals surface area contributed by atoms with Gasteiger partial charge in [-0.3, -0.25) is 0 Å². The van der Waals surface area contributed by atoms with E-state index in [1.54, 1.807) is 18.2 Å². The lowest BCUT2D eigenvalue weighted by Crippen LogP contribution is -2.47. The van der Waals surface area contributed by atoms with Crippen molar-refractivity contribution in [3.05, 3.63) is 17.1 Å². The SMILES string of the molecule is Cc1oc(C)c(S(=O)(=O)N2CCCC(N(C)C)C2)c1CN. The van der Waals surface area contributed by atoms with Crippen LogP contribution >= 0.6 is 0 Å². The molecule has 1 aliphatic rings. The number of furan rings is 1. The number of hydrogen-bond acceptors (Lipinski definition) is 5. The van der Waals surface area contributed by atoms with Gasteiger partial charge in [0.05, 0.1) is 0 Å². The van der Waals surface area contributed by atoms with Crippen molar-refractivity contribution in [2.45, 2.75) is 44.2 Å². The first kappa shape index (κ1) is 16.5. The molecule has 21 heavy (non-hydrogen) atoms. The van der Waals surface area contributed by atoms with Gasteiger partial charge in [-0.1, -0.05) is 0 Å². The van der Waals surface area contributed by atoms with Crippen LogP contribution in [-0.4, -0.2) is 50.8 Å². The fourth-order valence-corrected chi connectivity index (χ4v) is 4.91. The quantitative estimate of drug-likeness (QED) is 0.899. The Morgan fingerprint density at radius 1 is 1.33 bits per heavy atom. The van der Waals surface area contributed by atoms with E-state index in [1.807, 2.05) is 14.1 Å². The Hall–Kier alpha value is -0.890. The normalized spacial score (nSPS) is 21.1. The molecule has 0 spiro atoms. The van der Waals surface area contributed by atoms with Crippen LogP contribution in [0.4, 0.5) is 0 Å². The molecule has 2 N–H and O–H groups in total. The summed E-state index contributed by atoms with van der Waals surface area (Å²) in [7, 11) is 0.423. The van der Waals surface area contributed by atoms with Gasteiger partial charge in [0.2, 0.25) is 10.0 Å². The average molecular weight is 315 g/mol. The molecule has 1 aromatic rings. The number of sulfonamides is 1. The Balaban J connectivity index is 2.38. The lowest BCUT2D eigenvalue weighted by Gasteiger charge is -2.35. The van der Waals surface area contributed by atoms with Gasteiger partial charge in [-0.25, -0.2) is 8.42 Å². The van der Waals surface area contributed by atoms with Gasteiger partial charge in [0.15, 0.2) is 0 Å². The number of piperidine rings is 1. The first-order valence-electron chi connectivity index (χ1n) is 7.24. The third-order valence-electron chi connectivity index (χ3n) is 4.22. The molecule has 0 amide bonds. The molecule has 1 unspecified atom stereocenters. The smallest absolute Gasteiger partial charge is 0.246 e. The van der Waals surface area contributed by atoms with Crippen LogP contribution in [0.15, 0.2) is 9.31 Å². The van der Waals surface area contributed by atoms with Crippen LogP contribution in [0.5, 0.6) is 0 Å². The van der Waals surface area contributed by atoms with Crippen LogP contribution in [0.25, 0.3) is 0 Å². The molecule has 2 heterocycles. The Morgan fingerprint density at radius 3 is 2.57 bits per heavy atom. The molecule has 7 heteroatoms. The predicted molar refractivity (Wildman–Crippen MR) is 81.5 cm³/mol. The van der Waals surface area contributed by atoms with E-state index in [-0.39, 0.29) is 17.5 Å². The van der Waals surface area contributed by atoms with Crippen LogP contribution < -0.4 is 5.73 Å². The van der Waals surface area contributed by atoms with Gasteiger partial charge in [-0.2, -0.15) is 4.31 Å². The van der Waals surface area contributed by atoms with E-state index in [2.05, 4.69) is 4.90 Å². The van der Waals surface area contributed by atoms with E-state index in [1.165, 1.54) is 0 Å². The number of nitrogens with two attached hydrogens (primary N) is 1. The highest BCUT2D eigenvalue weighted by Gasteiger charge is 2.35. The second-order valence-electron chi connectivity index (χ2n) is 5.85. The number of aryl methyl sites for hydroxylation is 2. The summed E-state index contributed by atoms with van der Waals surface area (Å²) in [5.74, 6) is 1.02. The van der Waals surface area contributed by atoms with Crippen molar-refractivity contribution in [3.8, 4) is 0 Å². The number of likely N-dealkylation sites (N-methyl/N-ethyl adjacent to an activating group) is 1.